The van der Waals surface area contributed by atoms with Crippen molar-refractivity contribution in [1.82, 2.24) is 9.55 Å². The summed E-state index contributed by atoms with van der Waals surface area (Å²) in [6.07, 6.45) is 2.89. The molecule has 3 rings (SSSR count). The third-order valence-electron chi connectivity index (χ3n) is 3.45. The fourth-order valence-corrected chi connectivity index (χ4v) is 2.96. The third-order valence-corrected chi connectivity index (χ3v) is 3.88. The van der Waals surface area contributed by atoms with Crippen LogP contribution in [0.25, 0.3) is 11.0 Å². The summed E-state index contributed by atoms with van der Waals surface area (Å²) in [7, 11) is 0. The molecular formula is C13H13BrN2O2. The number of halogens is 1. The molecule has 0 aliphatic heterocycles. The Hall–Kier alpha value is -1.20. The van der Waals surface area contributed by atoms with E-state index in [1.807, 2.05) is 6.07 Å². The molecule has 0 spiro atoms. The van der Waals surface area contributed by atoms with Crippen LogP contribution in [-0.2, 0) is 0 Å². The molecule has 4 nitrogen and oxygen atoms in total. The lowest BCUT2D eigenvalue weighted by atomic mass is 9.77. The van der Waals surface area contributed by atoms with Crippen LogP contribution < -0.4 is 5.56 Å². The molecule has 18 heavy (non-hydrogen) atoms. The molecule has 0 atom stereocenters. The first kappa shape index (κ1) is 11.9. The van der Waals surface area contributed by atoms with Gasteiger partial charge in [0.05, 0.1) is 5.60 Å². The Morgan fingerprint density at radius 1 is 1.50 bits per heavy atom. The van der Waals surface area contributed by atoms with E-state index in [9.17, 15) is 9.90 Å². The largest absolute Gasteiger partial charge is 0.390 e. The second-order valence-corrected chi connectivity index (χ2v) is 6.08. The molecule has 1 fully saturated rings. The van der Waals surface area contributed by atoms with Crippen LogP contribution in [0.1, 0.15) is 25.8 Å². The van der Waals surface area contributed by atoms with Crippen LogP contribution in [0.2, 0.25) is 0 Å². The van der Waals surface area contributed by atoms with Gasteiger partial charge in [-0.2, -0.15) is 0 Å². The average Bonchev–Trinajstić information content (AvgIpc) is 2.26. The van der Waals surface area contributed by atoms with Crippen molar-refractivity contribution in [2.75, 3.05) is 0 Å². The van der Waals surface area contributed by atoms with Gasteiger partial charge < -0.3 is 5.11 Å². The molecule has 2 aromatic heterocycles. The zero-order chi connectivity index (χ0) is 12.9. The van der Waals surface area contributed by atoms with E-state index >= 15 is 0 Å². The van der Waals surface area contributed by atoms with Crippen molar-refractivity contribution in [1.29, 1.82) is 0 Å². The van der Waals surface area contributed by atoms with Crippen molar-refractivity contribution in [2.24, 2.45) is 0 Å². The topological polar surface area (TPSA) is 55.1 Å². The van der Waals surface area contributed by atoms with Crippen LogP contribution in [0, 0.1) is 0 Å². The van der Waals surface area contributed by atoms with Gasteiger partial charge in [0.1, 0.15) is 5.65 Å². The van der Waals surface area contributed by atoms with Crippen molar-refractivity contribution < 1.29 is 5.11 Å². The highest BCUT2D eigenvalue weighted by Gasteiger charge is 2.40. The average molecular weight is 309 g/mol. The molecule has 0 amide bonds. The van der Waals surface area contributed by atoms with Gasteiger partial charge in [0.2, 0.25) is 0 Å². The van der Waals surface area contributed by atoms with Gasteiger partial charge in [-0.1, -0.05) is 0 Å². The first-order valence-electron chi connectivity index (χ1n) is 5.85. The summed E-state index contributed by atoms with van der Waals surface area (Å²) in [6.45, 7) is 1.80. The predicted octanol–water partition coefficient (Wildman–Crippen LogP) is 2.24. The number of rotatable bonds is 1. The van der Waals surface area contributed by atoms with Crippen molar-refractivity contribution in [3.63, 3.8) is 0 Å². The van der Waals surface area contributed by atoms with E-state index in [4.69, 9.17) is 0 Å². The Labute approximate surface area is 112 Å². The Morgan fingerprint density at radius 2 is 2.22 bits per heavy atom. The first-order chi connectivity index (χ1) is 8.46. The maximum Gasteiger partial charge on any atom is 0.252 e. The molecule has 1 aliphatic carbocycles. The maximum atomic E-state index is 12.0. The minimum atomic E-state index is -0.651. The Balaban J connectivity index is 2.16. The summed E-state index contributed by atoms with van der Waals surface area (Å²) in [5, 5.41) is 10.7. The predicted molar refractivity (Wildman–Crippen MR) is 72.6 cm³/mol. The molecule has 0 bridgehead atoms. The standard InChI is InChI=1S/C13H13BrN2O2/c1-13(18)5-10(6-13)16-11(17)3-2-8-4-9(14)7-15-12(8)16/h2-4,7,10,18H,5-6H2,1H3. The van der Waals surface area contributed by atoms with Crippen LogP contribution in [0.5, 0.6) is 0 Å². The van der Waals surface area contributed by atoms with Gasteiger partial charge in [0.15, 0.2) is 0 Å². The third kappa shape index (κ3) is 1.87. The number of hydrogen-bond acceptors (Lipinski definition) is 3. The Kier molecular flexibility index (Phi) is 2.57. The van der Waals surface area contributed by atoms with Crippen LogP contribution in [-0.4, -0.2) is 20.3 Å². The molecule has 1 aliphatic rings. The zero-order valence-electron chi connectivity index (χ0n) is 9.93. The minimum Gasteiger partial charge on any atom is -0.390 e. The van der Waals surface area contributed by atoms with Gasteiger partial charge in [0, 0.05) is 28.2 Å². The Morgan fingerprint density at radius 3 is 2.89 bits per heavy atom. The van der Waals surface area contributed by atoms with Gasteiger partial charge >= 0.3 is 0 Å². The summed E-state index contributed by atoms with van der Waals surface area (Å²) >= 11 is 3.37. The summed E-state index contributed by atoms with van der Waals surface area (Å²) in [5.74, 6) is 0. The highest BCUT2D eigenvalue weighted by atomic mass is 79.9. The fourth-order valence-electron chi connectivity index (χ4n) is 2.61. The van der Waals surface area contributed by atoms with Crippen molar-refractivity contribution in [2.45, 2.75) is 31.4 Å². The smallest absolute Gasteiger partial charge is 0.252 e. The van der Waals surface area contributed by atoms with Crippen LogP contribution >= 0.6 is 15.9 Å². The molecule has 2 aromatic rings. The molecule has 0 unspecified atom stereocenters. The molecule has 1 saturated carbocycles. The summed E-state index contributed by atoms with van der Waals surface area (Å²) < 4.78 is 2.58. The number of nitrogens with zero attached hydrogens (tertiary/aromatic N) is 2. The monoisotopic (exact) mass is 308 g/mol. The second kappa shape index (κ2) is 3.90. The highest BCUT2D eigenvalue weighted by molar-refractivity contribution is 9.10. The summed E-state index contributed by atoms with van der Waals surface area (Å²) in [4.78, 5) is 16.3. The van der Waals surface area contributed by atoms with Crippen LogP contribution in [0.4, 0.5) is 0 Å². The molecular weight excluding hydrogens is 296 g/mol. The number of aliphatic hydroxyl groups is 1. The van der Waals surface area contributed by atoms with Crippen LogP contribution in [0.3, 0.4) is 0 Å². The quantitative estimate of drug-likeness (QED) is 0.879. The maximum absolute atomic E-state index is 12.0. The molecule has 94 valence electrons. The first-order valence-corrected chi connectivity index (χ1v) is 6.65. The van der Waals surface area contributed by atoms with E-state index in [0.29, 0.717) is 18.5 Å². The van der Waals surface area contributed by atoms with E-state index in [-0.39, 0.29) is 11.6 Å². The summed E-state index contributed by atoms with van der Waals surface area (Å²) in [6, 6.07) is 5.33. The van der Waals surface area contributed by atoms with Gasteiger partial charge in [-0.05, 0) is 47.8 Å². The molecule has 2 heterocycles. The van der Waals surface area contributed by atoms with E-state index < -0.39 is 5.60 Å². The normalized spacial score (nSPS) is 27.2. The second-order valence-electron chi connectivity index (χ2n) is 5.17. The van der Waals surface area contributed by atoms with Gasteiger partial charge in [-0.25, -0.2) is 4.98 Å². The van der Waals surface area contributed by atoms with E-state index in [0.717, 1.165) is 9.86 Å². The number of aromatic nitrogens is 2. The molecule has 5 heteroatoms. The zero-order valence-corrected chi connectivity index (χ0v) is 11.5. The summed E-state index contributed by atoms with van der Waals surface area (Å²) in [5.41, 5.74) is -0.0224. The van der Waals surface area contributed by atoms with Gasteiger partial charge in [0.25, 0.3) is 5.56 Å². The molecule has 0 aromatic carbocycles. The number of fused-ring (bicyclic) bond motifs is 1. The van der Waals surface area contributed by atoms with E-state index in [2.05, 4.69) is 20.9 Å². The SMILES string of the molecule is CC1(O)CC(n2c(=O)ccc3cc(Br)cnc32)C1. The van der Waals surface area contributed by atoms with Crippen LogP contribution in [0.15, 0.2) is 33.7 Å². The molecule has 0 saturated heterocycles. The lowest BCUT2D eigenvalue weighted by Crippen LogP contribution is -2.45. The lowest BCUT2D eigenvalue weighted by molar-refractivity contribution is -0.0507. The fraction of sp³-hybridized carbons (Fsp3) is 0.385. The van der Waals surface area contributed by atoms with Crippen molar-refractivity contribution in [3.05, 3.63) is 39.2 Å². The van der Waals surface area contributed by atoms with Crippen molar-refractivity contribution in [3.8, 4) is 0 Å². The molecule has 1 N–H and O–H groups in total. The lowest BCUT2D eigenvalue weighted by Gasteiger charge is -2.41. The van der Waals surface area contributed by atoms with Crippen molar-refractivity contribution >= 4 is 27.0 Å². The number of pyridine rings is 2. The van der Waals surface area contributed by atoms with Gasteiger partial charge in [-0.3, -0.25) is 9.36 Å². The highest BCUT2D eigenvalue weighted by Crippen LogP contribution is 2.41. The number of hydrogen-bond donors (Lipinski definition) is 1. The Bertz CT molecular complexity index is 670. The van der Waals surface area contributed by atoms with E-state index in [1.165, 1.54) is 0 Å². The van der Waals surface area contributed by atoms with Gasteiger partial charge in [-0.15, -0.1) is 0 Å². The molecule has 0 radical (unpaired) electrons. The van der Waals surface area contributed by atoms with E-state index in [1.54, 1.807) is 29.8 Å². The minimum absolute atomic E-state index is 0.0462.